The topological polar surface area (TPSA) is 86.7 Å². The highest BCUT2D eigenvalue weighted by Crippen LogP contribution is 2.24. The van der Waals surface area contributed by atoms with Crippen LogP contribution in [-0.4, -0.2) is 44.4 Å². The highest BCUT2D eigenvalue weighted by Gasteiger charge is 2.26. The number of para-hydroxylation sites is 1. The molecule has 0 bridgehead atoms. The quantitative estimate of drug-likeness (QED) is 0.820. The first-order valence-corrected chi connectivity index (χ1v) is 7.20. The molecule has 1 aromatic carbocycles. The standard InChI is InChI=1S/C12H18N2O4S/c1-9(12(16)13-2)8-14(3)19(17,18)11-7-5-4-6-10(11)15/h4-7,9,15H,8H2,1-3H3,(H,13,16). The lowest BCUT2D eigenvalue weighted by molar-refractivity contribution is -0.124. The first-order chi connectivity index (χ1) is 8.80. The van der Waals surface area contributed by atoms with E-state index in [-0.39, 0.29) is 23.1 Å². The van der Waals surface area contributed by atoms with Crippen molar-refractivity contribution in [3.63, 3.8) is 0 Å². The Balaban J connectivity index is 2.96. The molecule has 1 atom stereocenters. The van der Waals surface area contributed by atoms with Crippen molar-refractivity contribution in [1.82, 2.24) is 9.62 Å². The van der Waals surface area contributed by atoms with E-state index >= 15 is 0 Å². The van der Waals surface area contributed by atoms with Gasteiger partial charge in [0.15, 0.2) is 0 Å². The lowest BCUT2D eigenvalue weighted by Crippen LogP contribution is -2.37. The molecule has 1 aromatic rings. The van der Waals surface area contributed by atoms with Crippen LogP contribution in [0.1, 0.15) is 6.92 Å². The summed E-state index contributed by atoms with van der Waals surface area (Å²) in [7, 11) is -0.931. The van der Waals surface area contributed by atoms with Gasteiger partial charge < -0.3 is 10.4 Å². The second-order valence-corrected chi connectivity index (χ2v) is 6.28. The summed E-state index contributed by atoms with van der Waals surface area (Å²) in [4.78, 5) is 11.2. The Morgan fingerprint density at radius 3 is 2.53 bits per heavy atom. The molecule has 0 saturated carbocycles. The van der Waals surface area contributed by atoms with E-state index in [0.717, 1.165) is 4.31 Å². The number of aromatic hydroxyl groups is 1. The Kier molecular flexibility index (Phi) is 4.90. The van der Waals surface area contributed by atoms with Crippen molar-refractivity contribution in [1.29, 1.82) is 0 Å². The zero-order chi connectivity index (χ0) is 14.6. The molecule has 0 fully saturated rings. The minimum Gasteiger partial charge on any atom is -0.507 e. The van der Waals surface area contributed by atoms with Crippen LogP contribution in [0.3, 0.4) is 0 Å². The van der Waals surface area contributed by atoms with Crippen LogP contribution in [0.25, 0.3) is 0 Å². The molecule has 19 heavy (non-hydrogen) atoms. The molecule has 1 rings (SSSR count). The van der Waals surface area contributed by atoms with Gasteiger partial charge in [-0.3, -0.25) is 4.79 Å². The van der Waals surface area contributed by atoms with Crippen molar-refractivity contribution >= 4 is 15.9 Å². The van der Waals surface area contributed by atoms with E-state index in [2.05, 4.69) is 5.32 Å². The predicted octanol–water partition coefficient (Wildman–Crippen LogP) is 0.395. The number of nitrogens with zero attached hydrogens (tertiary/aromatic N) is 1. The fourth-order valence-corrected chi connectivity index (χ4v) is 2.99. The van der Waals surface area contributed by atoms with E-state index in [0.29, 0.717) is 0 Å². The van der Waals surface area contributed by atoms with E-state index in [4.69, 9.17) is 0 Å². The van der Waals surface area contributed by atoms with E-state index in [9.17, 15) is 18.3 Å². The largest absolute Gasteiger partial charge is 0.507 e. The van der Waals surface area contributed by atoms with E-state index < -0.39 is 15.9 Å². The Labute approximate surface area is 113 Å². The van der Waals surface area contributed by atoms with Crippen LogP contribution >= 0.6 is 0 Å². The summed E-state index contributed by atoms with van der Waals surface area (Å²) in [6.07, 6.45) is 0. The maximum absolute atomic E-state index is 12.2. The number of rotatable bonds is 5. The van der Waals surface area contributed by atoms with Crippen molar-refractivity contribution < 1.29 is 18.3 Å². The summed E-state index contributed by atoms with van der Waals surface area (Å²) in [6, 6.07) is 5.71. The number of hydrogen-bond donors (Lipinski definition) is 2. The molecular weight excluding hydrogens is 268 g/mol. The van der Waals surface area contributed by atoms with Crippen LogP contribution in [0.4, 0.5) is 0 Å². The van der Waals surface area contributed by atoms with Gasteiger partial charge in [0, 0.05) is 26.6 Å². The summed E-state index contributed by atoms with van der Waals surface area (Å²) in [6.45, 7) is 1.67. The fraction of sp³-hybridized carbons (Fsp3) is 0.417. The fourth-order valence-electron chi connectivity index (χ4n) is 1.66. The lowest BCUT2D eigenvalue weighted by Gasteiger charge is -2.20. The number of phenolic OH excluding ortho intramolecular Hbond substituents is 1. The smallest absolute Gasteiger partial charge is 0.246 e. The highest BCUT2D eigenvalue weighted by atomic mass is 32.2. The minimum absolute atomic E-state index is 0.0380. The predicted molar refractivity (Wildman–Crippen MR) is 71.2 cm³/mol. The number of carbonyl (C=O) groups excluding carboxylic acids is 1. The van der Waals surface area contributed by atoms with Gasteiger partial charge in [0.2, 0.25) is 15.9 Å². The zero-order valence-electron chi connectivity index (χ0n) is 11.1. The molecule has 1 unspecified atom stereocenters. The third kappa shape index (κ3) is 3.45. The molecule has 6 nitrogen and oxygen atoms in total. The molecule has 0 aliphatic rings. The second-order valence-electron chi connectivity index (χ2n) is 4.27. The molecule has 2 N–H and O–H groups in total. The number of sulfonamides is 1. The Hall–Kier alpha value is -1.60. The first-order valence-electron chi connectivity index (χ1n) is 5.76. The summed E-state index contributed by atoms with van der Waals surface area (Å²) in [5, 5.41) is 12.1. The van der Waals surface area contributed by atoms with Gasteiger partial charge in [0.05, 0.1) is 0 Å². The maximum atomic E-state index is 12.2. The average molecular weight is 286 g/mol. The monoisotopic (exact) mass is 286 g/mol. The first kappa shape index (κ1) is 15.5. The lowest BCUT2D eigenvalue weighted by atomic mass is 10.2. The highest BCUT2D eigenvalue weighted by molar-refractivity contribution is 7.89. The molecule has 0 heterocycles. The molecule has 0 saturated heterocycles. The normalized spacial score (nSPS) is 13.3. The van der Waals surface area contributed by atoms with Crippen LogP contribution in [0.2, 0.25) is 0 Å². The van der Waals surface area contributed by atoms with E-state index in [1.165, 1.54) is 32.3 Å². The van der Waals surface area contributed by atoms with Gasteiger partial charge in [0.1, 0.15) is 10.6 Å². The summed E-state index contributed by atoms with van der Waals surface area (Å²) < 4.78 is 25.5. The van der Waals surface area contributed by atoms with Crippen molar-refractivity contribution in [2.24, 2.45) is 5.92 Å². The SMILES string of the molecule is CNC(=O)C(C)CN(C)S(=O)(=O)c1ccccc1O. The molecule has 0 spiro atoms. The molecule has 0 aliphatic heterocycles. The van der Waals surface area contributed by atoms with Gasteiger partial charge >= 0.3 is 0 Å². The van der Waals surface area contributed by atoms with Gasteiger partial charge in [-0.25, -0.2) is 12.7 Å². The van der Waals surface area contributed by atoms with Crippen LogP contribution in [0, 0.1) is 5.92 Å². The molecule has 1 amide bonds. The summed E-state index contributed by atoms with van der Waals surface area (Å²) in [5.74, 6) is -1.02. The molecule has 7 heteroatoms. The maximum Gasteiger partial charge on any atom is 0.246 e. The number of hydrogen-bond acceptors (Lipinski definition) is 4. The average Bonchev–Trinajstić information content (AvgIpc) is 2.37. The second kappa shape index (κ2) is 6.03. The van der Waals surface area contributed by atoms with Crippen LogP contribution in [0.15, 0.2) is 29.2 Å². The molecule has 0 radical (unpaired) electrons. The van der Waals surface area contributed by atoms with Crippen molar-refractivity contribution in [3.05, 3.63) is 24.3 Å². The molecular formula is C12H18N2O4S. The van der Waals surface area contributed by atoms with Gasteiger partial charge in [-0.05, 0) is 12.1 Å². The van der Waals surface area contributed by atoms with Gasteiger partial charge in [0.25, 0.3) is 0 Å². The Bertz CT molecular complexity index is 557. The van der Waals surface area contributed by atoms with Crippen molar-refractivity contribution in [3.8, 4) is 5.75 Å². The van der Waals surface area contributed by atoms with Gasteiger partial charge in [-0.15, -0.1) is 0 Å². The number of benzene rings is 1. The third-order valence-electron chi connectivity index (χ3n) is 2.78. The van der Waals surface area contributed by atoms with E-state index in [1.807, 2.05) is 0 Å². The zero-order valence-corrected chi connectivity index (χ0v) is 11.9. The van der Waals surface area contributed by atoms with Gasteiger partial charge in [-0.1, -0.05) is 19.1 Å². The number of amides is 1. The van der Waals surface area contributed by atoms with Crippen LogP contribution in [0.5, 0.6) is 5.75 Å². The van der Waals surface area contributed by atoms with E-state index in [1.54, 1.807) is 13.0 Å². The summed E-state index contributed by atoms with van der Waals surface area (Å²) in [5.41, 5.74) is 0. The van der Waals surface area contributed by atoms with Crippen LogP contribution < -0.4 is 5.32 Å². The van der Waals surface area contributed by atoms with Crippen molar-refractivity contribution in [2.45, 2.75) is 11.8 Å². The number of nitrogens with one attached hydrogen (secondary N) is 1. The molecule has 0 aromatic heterocycles. The van der Waals surface area contributed by atoms with Crippen LogP contribution in [-0.2, 0) is 14.8 Å². The molecule has 106 valence electrons. The third-order valence-corrected chi connectivity index (χ3v) is 4.65. The number of carbonyl (C=O) groups is 1. The van der Waals surface area contributed by atoms with Crippen molar-refractivity contribution in [2.75, 3.05) is 20.6 Å². The Morgan fingerprint density at radius 1 is 1.42 bits per heavy atom. The summed E-state index contributed by atoms with van der Waals surface area (Å²) >= 11 is 0. The minimum atomic E-state index is -3.80. The van der Waals surface area contributed by atoms with Gasteiger partial charge in [-0.2, -0.15) is 0 Å². The Morgan fingerprint density at radius 2 is 2.00 bits per heavy atom. The molecule has 0 aliphatic carbocycles. The number of phenols is 1.